The van der Waals surface area contributed by atoms with Crippen molar-refractivity contribution in [2.24, 2.45) is 17.6 Å². The summed E-state index contributed by atoms with van der Waals surface area (Å²) < 4.78 is 41.7. The lowest BCUT2D eigenvalue weighted by Gasteiger charge is -2.22. The van der Waals surface area contributed by atoms with Gasteiger partial charge in [0.2, 0.25) is 5.91 Å². The molecular weight excluding hydrogens is 321 g/mol. The highest BCUT2D eigenvalue weighted by atomic mass is 19.4. The zero-order valence-corrected chi connectivity index (χ0v) is 13.4. The zero-order valence-electron chi connectivity index (χ0n) is 13.4. The minimum atomic E-state index is -4.73. The van der Waals surface area contributed by atoms with Crippen LogP contribution in [0, 0.1) is 11.8 Å². The van der Waals surface area contributed by atoms with Gasteiger partial charge in [-0.25, -0.2) is 0 Å². The highest BCUT2D eigenvalue weighted by Crippen LogP contribution is 2.52. The number of carbonyl (C=O) groups is 1. The van der Waals surface area contributed by atoms with Gasteiger partial charge in [-0.05, 0) is 49.8 Å². The molecule has 1 aliphatic heterocycles. The maximum atomic E-state index is 12.7. The molecule has 0 bridgehead atoms. The molecule has 1 saturated heterocycles. The number of hydrogen-bond donors (Lipinski definition) is 1. The van der Waals surface area contributed by atoms with Crippen molar-refractivity contribution in [1.82, 2.24) is 4.90 Å². The van der Waals surface area contributed by atoms with E-state index in [1.165, 1.54) is 12.1 Å². The molecule has 0 spiro atoms. The van der Waals surface area contributed by atoms with Crippen molar-refractivity contribution < 1.29 is 22.7 Å². The van der Waals surface area contributed by atoms with Crippen LogP contribution in [0.15, 0.2) is 24.3 Å². The van der Waals surface area contributed by atoms with Crippen molar-refractivity contribution in [1.29, 1.82) is 0 Å². The first kappa shape index (κ1) is 17.1. The van der Waals surface area contributed by atoms with Crippen LogP contribution in [0.25, 0.3) is 0 Å². The predicted molar refractivity (Wildman–Crippen MR) is 82.3 cm³/mol. The number of alkyl halides is 3. The van der Waals surface area contributed by atoms with Crippen LogP contribution in [0.2, 0.25) is 0 Å². The average Bonchev–Trinajstić information content (AvgIpc) is 3.21. The first-order valence-corrected chi connectivity index (χ1v) is 8.15. The molecule has 1 aromatic rings. The second kappa shape index (κ2) is 6.27. The molecule has 1 saturated carbocycles. The molecule has 0 radical (unpaired) electrons. The minimum Gasteiger partial charge on any atom is -0.405 e. The SMILES string of the molecule is CC1CC(CN)CN1C(=O)C1CC1c1ccccc1OC(F)(F)F. The van der Waals surface area contributed by atoms with Gasteiger partial charge in [-0.3, -0.25) is 4.79 Å². The first-order chi connectivity index (χ1) is 11.3. The van der Waals surface area contributed by atoms with Gasteiger partial charge in [-0.2, -0.15) is 0 Å². The Kier molecular flexibility index (Phi) is 4.46. The number of ether oxygens (including phenoxy) is 1. The quantitative estimate of drug-likeness (QED) is 0.915. The van der Waals surface area contributed by atoms with Crippen LogP contribution in [0.1, 0.15) is 31.2 Å². The third-order valence-electron chi connectivity index (χ3n) is 4.93. The van der Waals surface area contributed by atoms with Crippen molar-refractivity contribution in [3.63, 3.8) is 0 Å². The van der Waals surface area contributed by atoms with Gasteiger partial charge in [0.15, 0.2) is 0 Å². The smallest absolute Gasteiger partial charge is 0.405 e. The van der Waals surface area contributed by atoms with Crippen molar-refractivity contribution in [3.8, 4) is 5.75 Å². The van der Waals surface area contributed by atoms with Crippen molar-refractivity contribution in [2.45, 2.75) is 38.1 Å². The number of rotatable bonds is 4. The Morgan fingerprint density at radius 2 is 2.04 bits per heavy atom. The van der Waals surface area contributed by atoms with Crippen LogP contribution in [-0.4, -0.2) is 36.3 Å². The first-order valence-electron chi connectivity index (χ1n) is 8.15. The van der Waals surface area contributed by atoms with Crippen LogP contribution in [0.3, 0.4) is 0 Å². The number of halogens is 3. The van der Waals surface area contributed by atoms with E-state index in [-0.39, 0.29) is 29.5 Å². The third-order valence-corrected chi connectivity index (χ3v) is 4.93. The fourth-order valence-electron chi connectivity index (χ4n) is 3.65. The molecule has 2 N–H and O–H groups in total. The Hall–Kier alpha value is -1.76. The highest BCUT2D eigenvalue weighted by molar-refractivity contribution is 5.83. The average molecular weight is 342 g/mol. The summed E-state index contributed by atoms with van der Waals surface area (Å²) in [6, 6.07) is 6.20. The second-order valence-corrected chi connectivity index (χ2v) is 6.71. The molecule has 24 heavy (non-hydrogen) atoms. The molecule has 4 unspecified atom stereocenters. The molecule has 4 nitrogen and oxygen atoms in total. The maximum absolute atomic E-state index is 12.7. The Labute approximate surface area is 138 Å². The molecule has 7 heteroatoms. The van der Waals surface area contributed by atoms with Crippen LogP contribution in [0.4, 0.5) is 13.2 Å². The van der Waals surface area contributed by atoms with Crippen molar-refractivity contribution >= 4 is 5.91 Å². The topological polar surface area (TPSA) is 55.6 Å². The lowest BCUT2D eigenvalue weighted by Crippen LogP contribution is -2.35. The van der Waals surface area contributed by atoms with Gasteiger partial charge < -0.3 is 15.4 Å². The van der Waals surface area contributed by atoms with Gasteiger partial charge in [-0.15, -0.1) is 13.2 Å². The second-order valence-electron chi connectivity index (χ2n) is 6.71. The number of para-hydroxylation sites is 1. The minimum absolute atomic E-state index is 0.0188. The van der Waals surface area contributed by atoms with E-state index in [1.54, 1.807) is 12.1 Å². The summed E-state index contributed by atoms with van der Waals surface area (Å²) in [4.78, 5) is 14.5. The van der Waals surface area contributed by atoms with E-state index in [0.29, 0.717) is 31.0 Å². The molecule has 2 aliphatic rings. The Morgan fingerprint density at radius 1 is 1.33 bits per heavy atom. The molecule has 3 rings (SSSR count). The van der Waals surface area contributed by atoms with E-state index in [0.717, 1.165) is 6.42 Å². The summed E-state index contributed by atoms with van der Waals surface area (Å²) in [6.07, 6.45) is -3.29. The van der Waals surface area contributed by atoms with E-state index in [2.05, 4.69) is 4.74 Å². The maximum Gasteiger partial charge on any atom is 0.573 e. The number of benzene rings is 1. The van der Waals surface area contributed by atoms with Gasteiger partial charge in [-0.1, -0.05) is 18.2 Å². The van der Waals surface area contributed by atoms with Crippen LogP contribution >= 0.6 is 0 Å². The summed E-state index contributed by atoms with van der Waals surface area (Å²) >= 11 is 0. The van der Waals surface area contributed by atoms with E-state index in [9.17, 15) is 18.0 Å². The highest BCUT2D eigenvalue weighted by Gasteiger charge is 2.49. The van der Waals surface area contributed by atoms with E-state index in [1.807, 2.05) is 11.8 Å². The van der Waals surface area contributed by atoms with E-state index < -0.39 is 6.36 Å². The molecule has 1 heterocycles. The number of nitrogens with zero attached hydrogens (tertiary/aromatic N) is 1. The van der Waals surface area contributed by atoms with Crippen molar-refractivity contribution in [3.05, 3.63) is 29.8 Å². The Balaban J connectivity index is 1.71. The molecule has 1 aromatic carbocycles. The fraction of sp³-hybridized carbons (Fsp3) is 0.588. The third kappa shape index (κ3) is 3.50. The van der Waals surface area contributed by atoms with Crippen LogP contribution < -0.4 is 10.5 Å². The standard InChI is InChI=1S/C17H21F3N2O2/c1-10-6-11(8-21)9-22(10)16(23)14-7-13(14)12-4-2-3-5-15(12)24-17(18,19)20/h2-5,10-11,13-14H,6-9,21H2,1H3. The molecule has 4 atom stereocenters. The lowest BCUT2D eigenvalue weighted by atomic mass is 10.1. The molecule has 0 aromatic heterocycles. The Bertz CT molecular complexity index is 620. The number of hydrogen-bond acceptors (Lipinski definition) is 3. The monoisotopic (exact) mass is 342 g/mol. The molecular formula is C17H21F3N2O2. The van der Waals surface area contributed by atoms with E-state index >= 15 is 0 Å². The van der Waals surface area contributed by atoms with Crippen LogP contribution in [0.5, 0.6) is 5.75 Å². The van der Waals surface area contributed by atoms with Gasteiger partial charge >= 0.3 is 6.36 Å². The van der Waals surface area contributed by atoms with E-state index in [4.69, 9.17) is 5.73 Å². The van der Waals surface area contributed by atoms with Crippen LogP contribution in [-0.2, 0) is 4.79 Å². The summed E-state index contributed by atoms with van der Waals surface area (Å²) in [5.41, 5.74) is 6.14. The van der Waals surface area contributed by atoms with Crippen molar-refractivity contribution in [2.75, 3.05) is 13.1 Å². The summed E-state index contributed by atoms with van der Waals surface area (Å²) in [7, 11) is 0. The zero-order chi connectivity index (χ0) is 17.5. The summed E-state index contributed by atoms with van der Waals surface area (Å²) in [5.74, 6) is -0.353. The normalized spacial score (nSPS) is 29.6. The van der Waals surface area contributed by atoms with Gasteiger partial charge in [0, 0.05) is 18.5 Å². The number of likely N-dealkylation sites (tertiary alicyclic amines) is 1. The van der Waals surface area contributed by atoms with Gasteiger partial charge in [0.25, 0.3) is 0 Å². The molecule has 1 amide bonds. The lowest BCUT2D eigenvalue weighted by molar-refractivity contribution is -0.274. The fourth-order valence-corrected chi connectivity index (χ4v) is 3.65. The van der Waals surface area contributed by atoms with Gasteiger partial charge in [0.05, 0.1) is 0 Å². The molecule has 2 fully saturated rings. The number of nitrogens with two attached hydrogens (primary N) is 1. The molecule has 1 aliphatic carbocycles. The number of carbonyl (C=O) groups excluding carboxylic acids is 1. The number of amides is 1. The molecule has 132 valence electrons. The summed E-state index contributed by atoms with van der Waals surface area (Å²) in [6.45, 7) is 3.18. The Morgan fingerprint density at radius 3 is 2.67 bits per heavy atom. The van der Waals surface area contributed by atoms with Gasteiger partial charge in [0.1, 0.15) is 5.75 Å². The summed E-state index contributed by atoms with van der Waals surface area (Å²) in [5, 5.41) is 0. The largest absolute Gasteiger partial charge is 0.573 e. The predicted octanol–water partition coefficient (Wildman–Crippen LogP) is 2.88.